The van der Waals surface area contributed by atoms with E-state index in [2.05, 4.69) is 21.7 Å². The van der Waals surface area contributed by atoms with Gasteiger partial charge in [0.1, 0.15) is 17.5 Å². The lowest BCUT2D eigenvalue weighted by Gasteiger charge is -2.42. The highest BCUT2D eigenvalue weighted by molar-refractivity contribution is 5.77. The number of aryl methyl sites for hydroxylation is 2. The molecule has 1 aromatic carbocycles. The predicted molar refractivity (Wildman–Crippen MR) is 104 cm³/mol. The molecular formula is C21H26F3N5O. The van der Waals surface area contributed by atoms with Crippen LogP contribution in [0.3, 0.4) is 0 Å². The van der Waals surface area contributed by atoms with Crippen molar-refractivity contribution < 1.29 is 18.0 Å². The van der Waals surface area contributed by atoms with Gasteiger partial charge in [-0.25, -0.2) is 13.2 Å². The summed E-state index contributed by atoms with van der Waals surface area (Å²) in [5.41, 5.74) is 6.02. The Morgan fingerprint density at radius 1 is 1.20 bits per heavy atom. The first-order chi connectivity index (χ1) is 14.4. The summed E-state index contributed by atoms with van der Waals surface area (Å²) in [7, 11) is 0. The van der Waals surface area contributed by atoms with Gasteiger partial charge < -0.3 is 15.2 Å². The number of carbonyl (C=O) groups is 1. The summed E-state index contributed by atoms with van der Waals surface area (Å²) in [6.45, 7) is 3.33. The monoisotopic (exact) mass is 421 g/mol. The number of likely N-dealkylation sites (tertiary alicyclic amines) is 1. The summed E-state index contributed by atoms with van der Waals surface area (Å²) in [5, 5.41) is 8.60. The summed E-state index contributed by atoms with van der Waals surface area (Å²) in [5.74, 6) is -0.928. The molecule has 0 aliphatic carbocycles. The Bertz CT molecular complexity index is 933. The van der Waals surface area contributed by atoms with E-state index in [9.17, 15) is 18.0 Å². The Balaban J connectivity index is 1.37. The van der Waals surface area contributed by atoms with Crippen LogP contribution in [-0.4, -0.2) is 44.7 Å². The summed E-state index contributed by atoms with van der Waals surface area (Å²) in [6.07, 6.45) is 3.48. The standard InChI is InChI=1S/C21H26F3N5O/c1-2-19-26-27-20-4-3-12-11-28(6-5-18(12)29(19)20)21(30)9-14(25)7-13-8-16(23)17(24)10-15(13)22/h8,10,12,14,18H,2-7,9,11,25H2,1H3/t12-,14+,18+/m0/s1. The number of carbonyl (C=O) groups excluding carboxylic acids is 1. The molecule has 30 heavy (non-hydrogen) atoms. The van der Waals surface area contributed by atoms with E-state index in [0.29, 0.717) is 31.1 Å². The highest BCUT2D eigenvalue weighted by Gasteiger charge is 2.37. The molecule has 2 aliphatic rings. The van der Waals surface area contributed by atoms with Gasteiger partial charge in [0.25, 0.3) is 0 Å². The maximum absolute atomic E-state index is 13.9. The first kappa shape index (κ1) is 20.8. The van der Waals surface area contributed by atoms with Gasteiger partial charge in [-0.15, -0.1) is 10.2 Å². The number of amides is 1. The number of aromatic nitrogens is 3. The third-order valence-electron chi connectivity index (χ3n) is 6.28. The molecule has 162 valence electrons. The van der Waals surface area contributed by atoms with E-state index in [0.717, 1.165) is 43.4 Å². The first-order valence-electron chi connectivity index (χ1n) is 10.5. The van der Waals surface area contributed by atoms with Gasteiger partial charge >= 0.3 is 0 Å². The fourth-order valence-corrected chi connectivity index (χ4v) is 4.77. The highest BCUT2D eigenvalue weighted by atomic mass is 19.2. The van der Waals surface area contributed by atoms with Crippen LogP contribution in [0.4, 0.5) is 13.2 Å². The number of nitrogens with zero attached hydrogens (tertiary/aromatic N) is 4. The molecule has 2 aliphatic heterocycles. The van der Waals surface area contributed by atoms with Crippen molar-refractivity contribution in [3.63, 3.8) is 0 Å². The molecule has 0 saturated carbocycles. The Labute approximate surface area is 173 Å². The van der Waals surface area contributed by atoms with Crippen LogP contribution in [0.1, 0.15) is 49.4 Å². The molecule has 1 fully saturated rings. The largest absolute Gasteiger partial charge is 0.342 e. The summed E-state index contributed by atoms with van der Waals surface area (Å²) in [6, 6.07) is 0.964. The zero-order valence-electron chi connectivity index (χ0n) is 17.0. The van der Waals surface area contributed by atoms with E-state index in [1.165, 1.54) is 0 Å². The molecule has 6 nitrogen and oxygen atoms in total. The molecule has 2 aromatic rings. The minimum atomic E-state index is -1.24. The van der Waals surface area contributed by atoms with Gasteiger partial charge in [-0.1, -0.05) is 6.92 Å². The summed E-state index contributed by atoms with van der Waals surface area (Å²) >= 11 is 0. The van der Waals surface area contributed by atoms with Crippen LogP contribution in [0.15, 0.2) is 12.1 Å². The molecule has 0 bridgehead atoms. The van der Waals surface area contributed by atoms with Crippen molar-refractivity contribution in [3.8, 4) is 0 Å². The number of halogens is 3. The molecule has 0 radical (unpaired) electrons. The van der Waals surface area contributed by atoms with Crippen molar-refractivity contribution >= 4 is 5.91 Å². The van der Waals surface area contributed by atoms with Crippen LogP contribution >= 0.6 is 0 Å². The van der Waals surface area contributed by atoms with E-state index in [1.807, 2.05) is 4.90 Å². The van der Waals surface area contributed by atoms with E-state index in [4.69, 9.17) is 5.73 Å². The third kappa shape index (κ3) is 3.95. The van der Waals surface area contributed by atoms with Gasteiger partial charge in [0.05, 0.1) is 0 Å². The van der Waals surface area contributed by atoms with E-state index in [-0.39, 0.29) is 24.3 Å². The maximum atomic E-state index is 13.9. The fraction of sp³-hybridized carbons (Fsp3) is 0.571. The van der Waals surface area contributed by atoms with E-state index < -0.39 is 23.5 Å². The Morgan fingerprint density at radius 3 is 2.73 bits per heavy atom. The molecule has 2 N–H and O–H groups in total. The number of nitrogens with two attached hydrogens (primary N) is 1. The van der Waals surface area contributed by atoms with Crippen LogP contribution in [0, 0.1) is 23.4 Å². The highest BCUT2D eigenvalue weighted by Crippen LogP contribution is 2.37. The Kier molecular flexibility index (Phi) is 5.81. The van der Waals surface area contributed by atoms with Crippen molar-refractivity contribution in [3.05, 3.63) is 46.8 Å². The number of piperidine rings is 1. The number of fused-ring (bicyclic) bond motifs is 3. The second-order valence-electron chi connectivity index (χ2n) is 8.28. The lowest BCUT2D eigenvalue weighted by Crippen LogP contribution is -2.47. The lowest BCUT2D eigenvalue weighted by molar-refractivity contribution is -0.134. The summed E-state index contributed by atoms with van der Waals surface area (Å²) in [4.78, 5) is 14.6. The maximum Gasteiger partial charge on any atom is 0.224 e. The normalized spacial score (nSPS) is 21.8. The van der Waals surface area contributed by atoms with Crippen LogP contribution in [0.2, 0.25) is 0 Å². The van der Waals surface area contributed by atoms with Gasteiger partial charge in [-0.3, -0.25) is 4.79 Å². The van der Waals surface area contributed by atoms with Crippen LogP contribution < -0.4 is 5.73 Å². The molecule has 0 spiro atoms. The van der Waals surface area contributed by atoms with Crippen molar-refractivity contribution in [2.75, 3.05) is 13.1 Å². The fourth-order valence-electron chi connectivity index (χ4n) is 4.77. The molecule has 1 aromatic heterocycles. The second-order valence-corrected chi connectivity index (χ2v) is 8.28. The molecule has 3 heterocycles. The quantitative estimate of drug-likeness (QED) is 0.753. The SMILES string of the molecule is CCc1nnc2n1[C@@H]1CCN(C(=O)C[C@H](N)Cc3cc(F)c(F)cc3F)C[C@@H]1CC2. The smallest absolute Gasteiger partial charge is 0.224 e. The molecule has 1 saturated heterocycles. The number of benzene rings is 1. The molecule has 3 atom stereocenters. The van der Waals surface area contributed by atoms with Gasteiger partial charge in [-0.2, -0.15) is 0 Å². The van der Waals surface area contributed by atoms with Crippen molar-refractivity contribution in [2.45, 2.75) is 57.5 Å². The number of hydrogen-bond acceptors (Lipinski definition) is 4. The predicted octanol–water partition coefficient (Wildman–Crippen LogP) is 2.55. The third-order valence-corrected chi connectivity index (χ3v) is 6.28. The van der Waals surface area contributed by atoms with E-state index in [1.54, 1.807) is 0 Å². The van der Waals surface area contributed by atoms with Gasteiger partial charge in [-0.05, 0) is 36.8 Å². The topological polar surface area (TPSA) is 77.0 Å². The first-order valence-corrected chi connectivity index (χ1v) is 10.5. The van der Waals surface area contributed by atoms with Gasteiger partial charge in [0.2, 0.25) is 5.91 Å². The van der Waals surface area contributed by atoms with Gasteiger partial charge in [0, 0.05) is 50.5 Å². The zero-order valence-corrected chi connectivity index (χ0v) is 17.0. The van der Waals surface area contributed by atoms with Crippen LogP contribution in [-0.2, 0) is 24.1 Å². The van der Waals surface area contributed by atoms with E-state index >= 15 is 0 Å². The molecule has 9 heteroatoms. The number of rotatable bonds is 5. The average Bonchev–Trinajstić information content (AvgIpc) is 3.15. The van der Waals surface area contributed by atoms with Crippen LogP contribution in [0.25, 0.3) is 0 Å². The van der Waals surface area contributed by atoms with Crippen LogP contribution in [0.5, 0.6) is 0 Å². The molecule has 1 amide bonds. The van der Waals surface area contributed by atoms with Crippen molar-refractivity contribution in [1.29, 1.82) is 0 Å². The lowest BCUT2D eigenvalue weighted by atomic mass is 9.84. The Morgan fingerprint density at radius 2 is 1.97 bits per heavy atom. The number of hydrogen-bond donors (Lipinski definition) is 1. The molecular weight excluding hydrogens is 395 g/mol. The van der Waals surface area contributed by atoms with Crippen molar-refractivity contribution in [2.24, 2.45) is 11.7 Å². The Hall–Kier alpha value is -2.42. The zero-order chi connectivity index (χ0) is 21.4. The second kappa shape index (κ2) is 8.37. The average molecular weight is 421 g/mol. The molecule has 4 rings (SSSR count). The van der Waals surface area contributed by atoms with Crippen molar-refractivity contribution in [1.82, 2.24) is 19.7 Å². The minimum absolute atomic E-state index is 0.0209. The molecule has 0 unspecified atom stereocenters. The summed E-state index contributed by atoms with van der Waals surface area (Å²) < 4.78 is 42.6. The minimum Gasteiger partial charge on any atom is -0.342 e. The van der Waals surface area contributed by atoms with Gasteiger partial charge in [0.15, 0.2) is 11.6 Å².